The van der Waals surface area contributed by atoms with Gasteiger partial charge in [-0.15, -0.1) is 0 Å². The Hall–Kier alpha value is -3.15. The Kier molecular flexibility index (Phi) is 4.27. The molecule has 6 heteroatoms. The van der Waals surface area contributed by atoms with Crippen molar-refractivity contribution in [1.29, 1.82) is 0 Å². The smallest absolute Gasteiger partial charge is 0.308 e. The summed E-state index contributed by atoms with van der Waals surface area (Å²) in [4.78, 5) is 36.0. The van der Waals surface area contributed by atoms with Crippen molar-refractivity contribution in [3.05, 3.63) is 53.6 Å². The summed E-state index contributed by atoms with van der Waals surface area (Å²) >= 11 is 0. The first-order valence-electron chi connectivity index (χ1n) is 7.91. The highest BCUT2D eigenvalue weighted by atomic mass is 16.4. The van der Waals surface area contributed by atoms with Crippen LogP contribution in [0.25, 0.3) is 11.1 Å². The van der Waals surface area contributed by atoms with Gasteiger partial charge in [-0.3, -0.25) is 14.4 Å². The van der Waals surface area contributed by atoms with Gasteiger partial charge in [0.1, 0.15) is 0 Å². The molecule has 3 N–H and O–H groups in total. The molecule has 0 saturated carbocycles. The van der Waals surface area contributed by atoms with Crippen LogP contribution in [0.2, 0.25) is 0 Å². The summed E-state index contributed by atoms with van der Waals surface area (Å²) in [6.07, 6.45) is 0.0247. The van der Waals surface area contributed by atoms with Gasteiger partial charge in [-0.1, -0.05) is 18.2 Å². The maximum atomic E-state index is 12.0. The lowest BCUT2D eigenvalue weighted by Gasteiger charge is -2.17. The standard InChI is InChI=1S/C19H18N2O4/c1-11-2-3-13(18(20)23)8-16(11)12-4-6-15(7-5-12)21-10-14(19(24)25)9-17(21)22/h2-8,14H,9-10H2,1H3,(H2,20,23)(H,24,25). The Labute approximate surface area is 144 Å². The lowest BCUT2D eigenvalue weighted by molar-refractivity contribution is -0.141. The normalized spacial score (nSPS) is 16.9. The topological polar surface area (TPSA) is 101 Å². The second kappa shape index (κ2) is 6.39. The molecule has 25 heavy (non-hydrogen) atoms. The Morgan fingerprint density at radius 2 is 1.84 bits per heavy atom. The molecular formula is C19H18N2O4. The number of primary amides is 1. The number of aryl methyl sites for hydroxylation is 1. The zero-order valence-electron chi connectivity index (χ0n) is 13.7. The Morgan fingerprint density at radius 1 is 1.16 bits per heavy atom. The van der Waals surface area contributed by atoms with E-state index >= 15 is 0 Å². The lowest BCUT2D eigenvalue weighted by atomic mass is 9.97. The molecular weight excluding hydrogens is 320 g/mol. The Bertz CT molecular complexity index is 858. The first kappa shape index (κ1) is 16.7. The van der Waals surface area contributed by atoms with E-state index in [1.165, 1.54) is 4.90 Å². The molecule has 2 aromatic rings. The van der Waals surface area contributed by atoms with E-state index in [4.69, 9.17) is 10.8 Å². The predicted molar refractivity (Wildman–Crippen MR) is 93.2 cm³/mol. The van der Waals surface area contributed by atoms with E-state index in [9.17, 15) is 14.4 Å². The molecule has 1 unspecified atom stereocenters. The first-order chi connectivity index (χ1) is 11.9. The van der Waals surface area contributed by atoms with E-state index in [2.05, 4.69) is 0 Å². The van der Waals surface area contributed by atoms with Crippen LogP contribution in [0.3, 0.4) is 0 Å². The summed E-state index contributed by atoms with van der Waals surface area (Å²) in [5.41, 5.74) is 9.22. The molecule has 1 saturated heterocycles. The quantitative estimate of drug-likeness (QED) is 0.892. The van der Waals surface area contributed by atoms with Gasteiger partial charge in [-0.25, -0.2) is 0 Å². The summed E-state index contributed by atoms with van der Waals surface area (Å²) in [6, 6.07) is 12.5. The number of benzene rings is 2. The van der Waals surface area contributed by atoms with Gasteiger partial charge >= 0.3 is 5.97 Å². The average Bonchev–Trinajstić information content (AvgIpc) is 2.97. The number of carboxylic acids is 1. The zero-order chi connectivity index (χ0) is 18.1. The minimum atomic E-state index is -0.952. The van der Waals surface area contributed by atoms with Crippen LogP contribution >= 0.6 is 0 Å². The molecule has 0 spiro atoms. The van der Waals surface area contributed by atoms with E-state index in [0.29, 0.717) is 11.3 Å². The maximum Gasteiger partial charge on any atom is 0.308 e. The molecule has 0 aromatic heterocycles. The second-order valence-corrected chi connectivity index (χ2v) is 6.18. The van der Waals surface area contributed by atoms with Crippen molar-refractivity contribution in [1.82, 2.24) is 0 Å². The van der Waals surface area contributed by atoms with Crippen LogP contribution < -0.4 is 10.6 Å². The van der Waals surface area contributed by atoms with E-state index in [1.807, 2.05) is 25.1 Å². The molecule has 0 bridgehead atoms. The van der Waals surface area contributed by atoms with Crippen LogP contribution in [0.5, 0.6) is 0 Å². The van der Waals surface area contributed by atoms with Crippen molar-refractivity contribution in [2.75, 3.05) is 11.4 Å². The van der Waals surface area contributed by atoms with Gasteiger partial charge < -0.3 is 15.7 Å². The van der Waals surface area contributed by atoms with Gasteiger partial charge in [0.05, 0.1) is 5.92 Å². The van der Waals surface area contributed by atoms with Crippen LogP contribution in [0, 0.1) is 12.8 Å². The highest BCUT2D eigenvalue weighted by Crippen LogP contribution is 2.30. The SMILES string of the molecule is Cc1ccc(C(N)=O)cc1-c1ccc(N2CC(C(=O)O)CC2=O)cc1. The number of hydrogen-bond acceptors (Lipinski definition) is 3. The molecule has 0 radical (unpaired) electrons. The van der Waals surface area contributed by atoms with Gasteiger partial charge in [0.25, 0.3) is 0 Å². The number of rotatable bonds is 4. The van der Waals surface area contributed by atoms with Crippen LogP contribution in [0.4, 0.5) is 5.69 Å². The monoisotopic (exact) mass is 338 g/mol. The summed E-state index contributed by atoms with van der Waals surface area (Å²) in [7, 11) is 0. The fourth-order valence-electron chi connectivity index (χ4n) is 3.03. The predicted octanol–water partition coefficient (Wildman–Crippen LogP) is 2.20. The van der Waals surface area contributed by atoms with Crippen molar-refractivity contribution >= 4 is 23.5 Å². The first-order valence-corrected chi connectivity index (χ1v) is 7.91. The summed E-state index contributed by atoms with van der Waals surface area (Å²) in [6.45, 7) is 2.12. The molecule has 128 valence electrons. The van der Waals surface area contributed by atoms with Crippen molar-refractivity contribution in [3.8, 4) is 11.1 Å². The van der Waals surface area contributed by atoms with Crippen molar-refractivity contribution in [2.24, 2.45) is 11.7 Å². The van der Waals surface area contributed by atoms with E-state index in [-0.39, 0.29) is 18.9 Å². The molecule has 1 fully saturated rings. The molecule has 0 aliphatic carbocycles. The molecule has 1 aliphatic heterocycles. The number of aliphatic carboxylic acids is 1. The third kappa shape index (κ3) is 3.24. The van der Waals surface area contributed by atoms with E-state index in [0.717, 1.165) is 16.7 Å². The average molecular weight is 338 g/mol. The van der Waals surface area contributed by atoms with Crippen molar-refractivity contribution in [2.45, 2.75) is 13.3 Å². The number of nitrogens with zero attached hydrogens (tertiary/aromatic N) is 1. The summed E-state index contributed by atoms with van der Waals surface area (Å²) in [5.74, 6) is -2.29. The highest BCUT2D eigenvalue weighted by Gasteiger charge is 2.34. The van der Waals surface area contributed by atoms with Gasteiger partial charge in [-0.2, -0.15) is 0 Å². The van der Waals surface area contributed by atoms with Crippen LogP contribution in [0.1, 0.15) is 22.3 Å². The molecule has 1 atom stereocenters. The summed E-state index contributed by atoms with van der Waals surface area (Å²) < 4.78 is 0. The molecule has 1 heterocycles. The van der Waals surface area contributed by atoms with Crippen LogP contribution in [-0.4, -0.2) is 29.4 Å². The van der Waals surface area contributed by atoms with Crippen LogP contribution in [0.15, 0.2) is 42.5 Å². The number of carbonyl (C=O) groups excluding carboxylic acids is 2. The largest absolute Gasteiger partial charge is 0.481 e. The van der Waals surface area contributed by atoms with Gasteiger partial charge in [-0.05, 0) is 47.9 Å². The minimum absolute atomic E-state index is 0.0247. The molecule has 3 rings (SSSR count). The molecule has 6 nitrogen and oxygen atoms in total. The number of carboxylic acid groups (broad SMARTS) is 1. The van der Waals surface area contributed by atoms with Crippen molar-refractivity contribution < 1.29 is 19.5 Å². The minimum Gasteiger partial charge on any atom is -0.481 e. The van der Waals surface area contributed by atoms with Crippen LogP contribution in [-0.2, 0) is 9.59 Å². The maximum absolute atomic E-state index is 12.0. The van der Waals surface area contributed by atoms with Gasteiger partial charge in [0, 0.05) is 24.2 Å². The lowest BCUT2D eigenvalue weighted by Crippen LogP contribution is -2.25. The Balaban J connectivity index is 1.89. The van der Waals surface area contributed by atoms with Gasteiger partial charge in [0.2, 0.25) is 11.8 Å². The molecule has 1 aliphatic rings. The zero-order valence-corrected chi connectivity index (χ0v) is 13.7. The number of carbonyl (C=O) groups is 3. The third-order valence-corrected chi connectivity index (χ3v) is 4.49. The number of nitrogens with two attached hydrogens (primary N) is 1. The number of hydrogen-bond donors (Lipinski definition) is 2. The second-order valence-electron chi connectivity index (χ2n) is 6.18. The highest BCUT2D eigenvalue weighted by molar-refractivity contribution is 5.99. The number of anilines is 1. The summed E-state index contributed by atoms with van der Waals surface area (Å²) in [5, 5.41) is 9.07. The fourth-order valence-corrected chi connectivity index (χ4v) is 3.03. The Morgan fingerprint density at radius 3 is 2.40 bits per heavy atom. The van der Waals surface area contributed by atoms with E-state index < -0.39 is 17.8 Å². The molecule has 2 amide bonds. The van der Waals surface area contributed by atoms with Crippen molar-refractivity contribution in [3.63, 3.8) is 0 Å². The fraction of sp³-hybridized carbons (Fsp3) is 0.211. The molecule has 2 aromatic carbocycles. The third-order valence-electron chi connectivity index (χ3n) is 4.49. The van der Waals surface area contributed by atoms with E-state index in [1.54, 1.807) is 24.3 Å². The van der Waals surface area contributed by atoms with Gasteiger partial charge in [0.15, 0.2) is 0 Å². The number of amides is 2.